The van der Waals surface area contributed by atoms with E-state index >= 15 is 0 Å². The standard InChI is InChI=1S/C13H19F3N2O3/c14-13(15,16)12(20)17-8-9-3-5-18(6-4-9)11(19)10-2-1-7-21-10/h9-10H,1-8H2,(H,17,20). The molecule has 0 aromatic rings. The van der Waals surface area contributed by atoms with Gasteiger partial charge in [-0.05, 0) is 31.6 Å². The lowest BCUT2D eigenvalue weighted by Crippen LogP contribution is -2.46. The lowest BCUT2D eigenvalue weighted by atomic mass is 9.96. The van der Waals surface area contributed by atoms with Crippen LogP contribution in [0.1, 0.15) is 25.7 Å². The number of halogens is 3. The molecule has 0 saturated carbocycles. The van der Waals surface area contributed by atoms with E-state index < -0.39 is 12.1 Å². The third kappa shape index (κ3) is 4.33. The second-order valence-electron chi connectivity index (χ2n) is 5.48. The Morgan fingerprint density at radius 1 is 1.19 bits per heavy atom. The van der Waals surface area contributed by atoms with E-state index in [-0.39, 0.29) is 24.5 Å². The Labute approximate surface area is 120 Å². The van der Waals surface area contributed by atoms with Gasteiger partial charge in [0.2, 0.25) is 0 Å². The molecule has 8 heteroatoms. The van der Waals surface area contributed by atoms with Gasteiger partial charge in [0.1, 0.15) is 6.10 Å². The fourth-order valence-corrected chi connectivity index (χ4v) is 2.67. The monoisotopic (exact) mass is 308 g/mol. The van der Waals surface area contributed by atoms with Gasteiger partial charge in [-0.15, -0.1) is 0 Å². The molecule has 2 fully saturated rings. The fourth-order valence-electron chi connectivity index (χ4n) is 2.67. The Balaban J connectivity index is 1.71. The van der Waals surface area contributed by atoms with Gasteiger partial charge in [0.05, 0.1) is 0 Å². The molecule has 5 nitrogen and oxygen atoms in total. The first-order valence-electron chi connectivity index (χ1n) is 7.13. The maximum atomic E-state index is 12.1. The van der Waals surface area contributed by atoms with Crippen LogP contribution in [0.15, 0.2) is 0 Å². The molecule has 120 valence electrons. The van der Waals surface area contributed by atoms with Gasteiger partial charge >= 0.3 is 12.1 Å². The number of amides is 2. The van der Waals surface area contributed by atoms with Crippen LogP contribution in [0.25, 0.3) is 0 Å². The van der Waals surface area contributed by atoms with Gasteiger partial charge in [-0.2, -0.15) is 13.2 Å². The molecule has 2 aliphatic rings. The number of nitrogens with one attached hydrogen (secondary N) is 1. The molecule has 0 spiro atoms. The van der Waals surface area contributed by atoms with Crippen molar-refractivity contribution in [2.24, 2.45) is 5.92 Å². The summed E-state index contributed by atoms with van der Waals surface area (Å²) in [6, 6.07) is 0. The zero-order valence-corrected chi connectivity index (χ0v) is 11.6. The maximum absolute atomic E-state index is 12.1. The Morgan fingerprint density at radius 3 is 2.38 bits per heavy atom. The van der Waals surface area contributed by atoms with Crippen molar-refractivity contribution in [3.05, 3.63) is 0 Å². The number of alkyl halides is 3. The van der Waals surface area contributed by atoms with Crippen LogP contribution in [0.5, 0.6) is 0 Å². The number of carbonyl (C=O) groups is 2. The predicted octanol–water partition coefficient (Wildman–Crippen LogP) is 1.08. The van der Waals surface area contributed by atoms with Gasteiger partial charge in [-0.1, -0.05) is 0 Å². The summed E-state index contributed by atoms with van der Waals surface area (Å²) in [7, 11) is 0. The quantitative estimate of drug-likeness (QED) is 0.849. The highest BCUT2D eigenvalue weighted by molar-refractivity contribution is 5.82. The van der Waals surface area contributed by atoms with Gasteiger partial charge in [0.15, 0.2) is 0 Å². The Bertz CT molecular complexity index is 387. The summed E-state index contributed by atoms with van der Waals surface area (Å²) in [6.07, 6.45) is -2.38. The van der Waals surface area contributed by atoms with Gasteiger partial charge in [-0.3, -0.25) is 9.59 Å². The molecule has 2 saturated heterocycles. The second-order valence-corrected chi connectivity index (χ2v) is 5.48. The van der Waals surface area contributed by atoms with Gasteiger partial charge in [0, 0.05) is 26.2 Å². The highest BCUT2D eigenvalue weighted by atomic mass is 19.4. The first kappa shape index (κ1) is 16.1. The molecule has 0 aromatic heterocycles. The van der Waals surface area contributed by atoms with Crippen LogP contribution >= 0.6 is 0 Å². The summed E-state index contributed by atoms with van der Waals surface area (Å²) in [5, 5.41) is 1.90. The topological polar surface area (TPSA) is 58.6 Å². The molecule has 0 radical (unpaired) electrons. The third-order valence-corrected chi connectivity index (χ3v) is 3.94. The predicted molar refractivity (Wildman–Crippen MR) is 67.3 cm³/mol. The summed E-state index contributed by atoms with van der Waals surface area (Å²) in [5.41, 5.74) is 0. The summed E-state index contributed by atoms with van der Waals surface area (Å²) in [5.74, 6) is -1.95. The highest BCUT2D eigenvalue weighted by Crippen LogP contribution is 2.21. The lowest BCUT2D eigenvalue weighted by Gasteiger charge is -2.33. The van der Waals surface area contributed by atoms with Crippen molar-refractivity contribution in [1.82, 2.24) is 10.2 Å². The molecule has 1 atom stereocenters. The van der Waals surface area contributed by atoms with Crippen molar-refractivity contribution in [2.45, 2.75) is 38.0 Å². The average molecular weight is 308 g/mol. The van der Waals surface area contributed by atoms with Crippen LogP contribution in [-0.4, -0.2) is 55.2 Å². The fraction of sp³-hybridized carbons (Fsp3) is 0.846. The Hall–Kier alpha value is -1.31. The van der Waals surface area contributed by atoms with Crippen LogP contribution in [0.4, 0.5) is 13.2 Å². The minimum absolute atomic E-state index is 0.000300. The molecule has 1 N–H and O–H groups in total. The van der Waals surface area contributed by atoms with Crippen molar-refractivity contribution in [3.8, 4) is 0 Å². The van der Waals surface area contributed by atoms with E-state index in [1.165, 1.54) is 0 Å². The normalized spacial score (nSPS) is 24.1. The van der Waals surface area contributed by atoms with E-state index in [9.17, 15) is 22.8 Å². The number of carbonyl (C=O) groups excluding carboxylic acids is 2. The van der Waals surface area contributed by atoms with Crippen molar-refractivity contribution < 1.29 is 27.5 Å². The first-order valence-corrected chi connectivity index (χ1v) is 7.13. The van der Waals surface area contributed by atoms with Crippen LogP contribution in [-0.2, 0) is 14.3 Å². The average Bonchev–Trinajstić information content (AvgIpc) is 2.97. The van der Waals surface area contributed by atoms with Crippen molar-refractivity contribution in [1.29, 1.82) is 0 Å². The molecular formula is C13H19F3N2O3. The summed E-state index contributed by atoms with van der Waals surface area (Å²) in [6.45, 7) is 1.62. The minimum atomic E-state index is -4.84. The molecule has 2 rings (SSSR count). The number of nitrogens with zero attached hydrogens (tertiary/aromatic N) is 1. The number of ether oxygens (including phenoxy) is 1. The highest BCUT2D eigenvalue weighted by Gasteiger charge is 2.39. The van der Waals surface area contributed by atoms with E-state index in [0.29, 0.717) is 32.5 Å². The molecule has 2 heterocycles. The number of piperidine rings is 1. The van der Waals surface area contributed by atoms with Crippen molar-refractivity contribution >= 4 is 11.8 Å². The van der Waals surface area contributed by atoms with E-state index in [1.54, 1.807) is 4.90 Å². The molecule has 2 aliphatic heterocycles. The van der Waals surface area contributed by atoms with Gasteiger partial charge < -0.3 is 15.0 Å². The summed E-state index contributed by atoms with van der Waals surface area (Å²) < 4.78 is 41.5. The van der Waals surface area contributed by atoms with Gasteiger partial charge in [0.25, 0.3) is 5.91 Å². The second kappa shape index (κ2) is 6.64. The summed E-state index contributed by atoms with van der Waals surface area (Å²) >= 11 is 0. The number of likely N-dealkylation sites (tertiary alicyclic amines) is 1. The molecular weight excluding hydrogens is 289 g/mol. The van der Waals surface area contributed by atoms with Gasteiger partial charge in [-0.25, -0.2) is 0 Å². The van der Waals surface area contributed by atoms with E-state index in [4.69, 9.17) is 4.74 Å². The van der Waals surface area contributed by atoms with Crippen LogP contribution in [0.2, 0.25) is 0 Å². The third-order valence-electron chi connectivity index (χ3n) is 3.94. The Morgan fingerprint density at radius 2 is 1.86 bits per heavy atom. The molecule has 0 aliphatic carbocycles. The van der Waals surface area contributed by atoms with Crippen molar-refractivity contribution in [3.63, 3.8) is 0 Å². The van der Waals surface area contributed by atoms with Crippen LogP contribution in [0, 0.1) is 5.92 Å². The molecule has 2 amide bonds. The minimum Gasteiger partial charge on any atom is -0.368 e. The largest absolute Gasteiger partial charge is 0.471 e. The zero-order chi connectivity index (χ0) is 15.5. The maximum Gasteiger partial charge on any atom is 0.471 e. The number of rotatable bonds is 3. The lowest BCUT2D eigenvalue weighted by molar-refractivity contribution is -0.173. The Kier molecular flexibility index (Phi) is 5.08. The zero-order valence-electron chi connectivity index (χ0n) is 11.6. The number of hydrogen-bond donors (Lipinski definition) is 1. The first-order chi connectivity index (χ1) is 9.88. The molecule has 0 aromatic carbocycles. The van der Waals surface area contributed by atoms with Crippen molar-refractivity contribution in [2.75, 3.05) is 26.2 Å². The molecule has 1 unspecified atom stereocenters. The SMILES string of the molecule is O=C(C1CCCO1)N1CCC(CNC(=O)C(F)(F)F)CC1. The molecule has 0 bridgehead atoms. The number of hydrogen-bond acceptors (Lipinski definition) is 3. The smallest absolute Gasteiger partial charge is 0.368 e. The van der Waals surface area contributed by atoms with E-state index in [0.717, 1.165) is 12.8 Å². The molecule has 21 heavy (non-hydrogen) atoms. The van der Waals surface area contributed by atoms with E-state index in [1.807, 2.05) is 5.32 Å². The summed E-state index contributed by atoms with van der Waals surface area (Å²) in [4.78, 5) is 24.5. The van der Waals surface area contributed by atoms with Crippen LogP contribution < -0.4 is 5.32 Å². The van der Waals surface area contributed by atoms with Crippen LogP contribution in [0.3, 0.4) is 0 Å². The van der Waals surface area contributed by atoms with E-state index in [2.05, 4.69) is 0 Å².